The predicted molar refractivity (Wildman–Crippen MR) is 98.9 cm³/mol. The molecule has 0 saturated carbocycles. The molecular formula is C19H17IO4. The van der Waals surface area contributed by atoms with E-state index in [1.807, 2.05) is 18.2 Å². The Kier molecular flexibility index (Phi) is 6.66. The summed E-state index contributed by atoms with van der Waals surface area (Å²) in [6, 6.07) is 16.0. The molecular weight excluding hydrogens is 419 g/mol. The standard InChI is InChI=1S/C19H17IO4/c1-2-24-19(23)18(22)16(13-6-4-3-5-7-13)12-17(21)14-8-10-15(20)11-9-14/h3-11,16H,2,12H2,1H3/t16-/m1/s1. The first kappa shape index (κ1) is 18.3. The maximum atomic E-state index is 12.5. The van der Waals surface area contributed by atoms with Crippen LogP contribution < -0.4 is 0 Å². The lowest BCUT2D eigenvalue weighted by atomic mass is 9.88. The summed E-state index contributed by atoms with van der Waals surface area (Å²) < 4.78 is 5.83. The van der Waals surface area contributed by atoms with Crippen LogP contribution in [0.15, 0.2) is 54.6 Å². The SMILES string of the molecule is CCOC(=O)C(=O)[C@H](CC(=O)c1ccc(I)cc1)c1ccccc1. The normalized spacial score (nSPS) is 11.6. The van der Waals surface area contributed by atoms with Crippen molar-refractivity contribution in [2.75, 3.05) is 6.61 Å². The van der Waals surface area contributed by atoms with E-state index in [-0.39, 0.29) is 18.8 Å². The van der Waals surface area contributed by atoms with Crippen molar-refractivity contribution in [1.82, 2.24) is 0 Å². The van der Waals surface area contributed by atoms with Gasteiger partial charge < -0.3 is 4.74 Å². The third-order valence-electron chi connectivity index (χ3n) is 3.55. The number of hydrogen-bond acceptors (Lipinski definition) is 4. The van der Waals surface area contributed by atoms with E-state index in [2.05, 4.69) is 22.6 Å². The minimum absolute atomic E-state index is 0.0672. The zero-order valence-electron chi connectivity index (χ0n) is 13.2. The van der Waals surface area contributed by atoms with Crippen LogP contribution in [-0.2, 0) is 14.3 Å². The zero-order chi connectivity index (χ0) is 17.5. The highest BCUT2D eigenvalue weighted by atomic mass is 127. The average molecular weight is 436 g/mol. The van der Waals surface area contributed by atoms with E-state index in [0.717, 1.165) is 3.57 Å². The number of halogens is 1. The van der Waals surface area contributed by atoms with Crippen molar-refractivity contribution in [3.8, 4) is 0 Å². The highest BCUT2D eigenvalue weighted by Gasteiger charge is 2.30. The zero-order valence-corrected chi connectivity index (χ0v) is 15.4. The molecule has 0 spiro atoms. The first-order valence-corrected chi connectivity index (χ1v) is 8.65. The Morgan fingerprint density at radius 1 is 1.00 bits per heavy atom. The molecule has 0 aliphatic carbocycles. The lowest BCUT2D eigenvalue weighted by Gasteiger charge is -2.15. The van der Waals surface area contributed by atoms with E-state index < -0.39 is 17.7 Å². The van der Waals surface area contributed by atoms with Gasteiger partial charge in [0.05, 0.1) is 12.5 Å². The number of carbonyl (C=O) groups is 3. The second kappa shape index (κ2) is 8.73. The summed E-state index contributed by atoms with van der Waals surface area (Å²) in [4.78, 5) is 36.8. The van der Waals surface area contributed by atoms with E-state index in [1.54, 1.807) is 43.3 Å². The third-order valence-corrected chi connectivity index (χ3v) is 4.27. The molecule has 0 heterocycles. The largest absolute Gasteiger partial charge is 0.460 e. The quantitative estimate of drug-likeness (QED) is 0.287. The predicted octanol–water partition coefficient (Wildman–Crippen LogP) is 3.78. The van der Waals surface area contributed by atoms with Gasteiger partial charge in [-0.25, -0.2) is 4.79 Å². The van der Waals surface area contributed by atoms with Crippen molar-refractivity contribution in [2.24, 2.45) is 0 Å². The summed E-state index contributed by atoms with van der Waals surface area (Å²) >= 11 is 2.16. The molecule has 0 amide bonds. The highest BCUT2D eigenvalue weighted by Crippen LogP contribution is 2.24. The van der Waals surface area contributed by atoms with Crippen molar-refractivity contribution in [1.29, 1.82) is 0 Å². The van der Waals surface area contributed by atoms with Crippen molar-refractivity contribution < 1.29 is 19.1 Å². The molecule has 0 radical (unpaired) electrons. The van der Waals surface area contributed by atoms with Gasteiger partial charge >= 0.3 is 5.97 Å². The fourth-order valence-electron chi connectivity index (χ4n) is 2.33. The van der Waals surface area contributed by atoms with Gasteiger partial charge in [0.1, 0.15) is 0 Å². The smallest absolute Gasteiger partial charge is 0.375 e. The van der Waals surface area contributed by atoms with Crippen LogP contribution in [0.1, 0.15) is 35.2 Å². The van der Waals surface area contributed by atoms with Crippen LogP contribution in [0.2, 0.25) is 0 Å². The van der Waals surface area contributed by atoms with Crippen LogP contribution >= 0.6 is 22.6 Å². The Hall–Kier alpha value is -2.02. The second-order valence-electron chi connectivity index (χ2n) is 5.18. The van der Waals surface area contributed by atoms with Crippen molar-refractivity contribution in [3.05, 3.63) is 69.3 Å². The minimum Gasteiger partial charge on any atom is -0.460 e. The number of ether oxygens (including phenoxy) is 1. The van der Waals surface area contributed by atoms with Crippen LogP contribution in [0.4, 0.5) is 0 Å². The van der Waals surface area contributed by atoms with Gasteiger partial charge in [0, 0.05) is 15.6 Å². The third kappa shape index (κ3) is 4.74. The van der Waals surface area contributed by atoms with E-state index in [0.29, 0.717) is 11.1 Å². The molecule has 2 aromatic rings. The van der Waals surface area contributed by atoms with Crippen LogP contribution in [0.3, 0.4) is 0 Å². The van der Waals surface area contributed by atoms with Crippen molar-refractivity contribution in [3.63, 3.8) is 0 Å². The number of carbonyl (C=O) groups excluding carboxylic acids is 3. The molecule has 0 aliphatic heterocycles. The Bertz CT molecular complexity index is 723. The van der Waals surface area contributed by atoms with Crippen molar-refractivity contribution >= 4 is 40.1 Å². The summed E-state index contributed by atoms with van der Waals surface area (Å²) in [5, 5.41) is 0. The van der Waals surface area contributed by atoms with Gasteiger partial charge in [0.25, 0.3) is 0 Å². The van der Waals surface area contributed by atoms with E-state index in [9.17, 15) is 14.4 Å². The number of hydrogen-bond donors (Lipinski definition) is 0. The Morgan fingerprint density at radius 3 is 2.21 bits per heavy atom. The van der Waals surface area contributed by atoms with E-state index in [1.165, 1.54) is 0 Å². The molecule has 0 aliphatic rings. The summed E-state index contributed by atoms with van der Waals surface area (Å²) in [6.45, 7) is 1.76. The fraction of sp³-hybridized carbons (Fsp3) is 0.211. The molecule has 5 heteroatoms. The number of rotatable bonds is 7. The van der Waals surface area contributed by atoms with Crippen LogP contribution in [0, 0.1) is 3.57 Å². The summed E-state index contributed by atoms with van der Waals surface area (Å²) in [5.41, 5.74) is 1.16. The number of Topliss-reactive ketones (excluding diaryl/α,β-unsaturated/α-hetero) is 2. The number of benzene rings is 2. The van der Waals surface area contributed by atoms with E-state index >= 15 is 0 Å². The Labute approximate surface area is 154 Å². The van der Waals surface area contributed by atoms with E-state index in [4.69, 9.17) is 4.74 Å². The minimum atomic E-state index is -0.901. The fourth-order valence-corrected chi connectivity index (χ4v) is 2.69. The highest BCUT2D eigenvalue weighted by molar-refractivity contribution is 14.1. The number of esters is 1. The molecule has 124 valence electrons. The Balaban J connectivity index is 2.26. The van der Waals surface area contributed by atoms with Gasteiger partial charge in [-0.3, -0.25) is 9.59 Å². The molecule has 4 nitrogen and oxygen atoms in total. The van der Waals surface area contributed by atoms with Crippen LogP contribution in [-0.4, -0.2) is 24.1 Å². The molecule has 0 N–H and O–H groups in total. The van der Waals surface area contributed by atoms with Gasteiger partial charge in [-0.1, -0.05) is 42.5 Å². The molecule has 2 aromatic carbocycles. The lowest BCUT2D eigenvalue weighted by Crippen LogP contribution is -2.26. The first-order valence-electron chi connectivity index (χ1n) is 7.57. The van der Waals surface area contributed by atoms with Gasteiger partial charge in [0.2, 0.25) is 5.78 Å². The van der Waals surface area contributed by atoms with Gasteiger partial charge in [-0.15, -0.1) is 0 Å². The van der Waals surface area contributed by atoms with Crippen molar-refractivity contribution in [2.45, 2.75) is 19.3 Å². The van der Waals surface area contributed by atoms with Gasteiger partial charge in [0.15, 0.2) is 5.78 Å². The molecule has 1 atom stereocenters. The topological polar surface area (TPSA) is 60.4 Å². The molecule has 24 heavy (non-hydrogen) atoms. The first-order chi connectivity index (χ1) is 11.5. The summed E-state index contributed by atoms with van der Waals surface area (Å²) in [6.07, 6.45) is -0.0672. The molecule has 0 unspecified atom stereocenters. The molecule has 0 fully saturated rings. The number of ketones is 2. The summed E-state index contributed by atoms with van der Waals surface area (Å²) in [7, 11) is 0. The monoisotopic (exact) mass is 436 g/mol. The molecule has 2 rings (SSSR count). The molecule has 0 bridgehead atoms. The molecule has 0 aromatic heterocycles. The van der Waals surface area contributed by atoms with Crippen LogP contribution in [0.5, 0.6) is 0 Å². The average Bonchev–Trinajstić information content (AvgIpc) is 2.60. The lowest BCUT2D eigenvalue weighted by molar-refractivity contribution is -0.154. The second-order valence-corrected chi connectivity index (χ2v) is 6.43. The van der Waals surface area contributed by atoms with Crippen LogP contribution in [0.25, 0.3) is 0 Å². The molecule has 0 saturated heterocycles. The Morgan fingerprint density at radius 2 is 1.62 bits per heavy atom. The summed E-state index contributed by atoms with van der Waals surface area (Å²) in [5.74, 6) is -2.61. The van der Waals surface area contributed by atoms with Gasteiger partial charge in [-0.05, 0) is 47.2 Å². The van der Waals surface area contributed by atoms with Gasteiger partial charge in [-0.2, -0.15) is 0 Å². The maximum absolute atomic E-state index is 12.5. The maximum Gasteiger partial charge on any atom is 0.375 e.